The number of urea groups is 1. The molecule has 0 bridgehead atoms. The number of rotatable bonds is 2. The van der Waals surface area contributed by atoms with Crippen LogP contribution in [0.4, 0.5) is 4.79 Å². The summed E-state index contributed by atoms with van der Waals surface area (Å²) in [4.78, 5) is 24.4. The van der Waals surface area contributed by atoms with Crippen molar-refractivity contribution in [1.29, 1.82) is 0 Å². The lowest BCUT2D eigenvalue weighted by Gasteiger charge is -2.32. The minimum absolute atomic E-state index is 0.345. The fraction of sp³-hybridized carbons (Fsp3) is 0.385. The van der Waals surface area contributed by atoms with Gasteiger partial charge in [0, 0.05) is 13.1 Å². The zero-order valence-corrected chi connectivity index (χ0v) is 10.3. The van der Waals surface area contributed by atoms with Gasteiger partial charge in [0.15, 0.2) is 0 Å². The van der Waals surface area contributed by atoms with Gasteiger partial charge < -0.3 is 5.73 Å². The number of primary amides is 1. The van der Waals surface area contributed by atoms with Crippen LogP contribution >= 0.6 is 0 Å². The molecule has 0 saturated heterocycles. The van der Waals surface area contributed by atoms with Crippen molar-refractivity contribution in [1.82, 2.24) is 10.2 Å². The lowest BCUT2D eigenvalue weighted by Crippen LogP contribution is -2.49. The van der Waals surface area contributed by atoms with Gasteiger partial charge in [-0.25, -0.2) is 4.79 Å². The van der Waals surface area contributed by atoms with E-state index in [1.165, 1.54) is 11.1 Å². The van der Waals surface area contributed by atoms with Gasteiger partial charge in [-0.05, 0) is 24.5 Å². The molecule has 1 aliphatic heterocycles. The quantitative estimate of drug-likeness (QED) is 0.804. The van der Waals surface area contributed by atoms with E-state index in [9.17, 15) is 9.59 Å². The van der Waals surface area contributed by atoms with E-state index < -0.39 is 6.03 Å². The van der Waals surface area contributed by atoms with E-state index in [2.05, 4.69) is 17.4 Å². The van der Waals surface area contributed by atoms with Gasteiger partial charge in [-0.2, -0.15) is 0 Å². The third-order valence-electron chi connectivity index (χ3n) is 3.33. The summed E-state index contributed by atoms with van der Waals surface area (Å²) >= 11 is 0. The van der Waals surface area contributed by atoms with Gasteiger partial charge in [-0.1, -0.05) is 24.3 Å². The summed E-state index contributed by atoms with van der Waals surface area (Å²) in [6.07, 6.45) is 0.921. The highest BCUT2D eigenvalue weighted by Gasteiger charge is 2.25. The maximum Gasteiger partial charge on any atom is 0.318 e. The van der Waals surface area contributed by atoms with Gasteiger partial charge in [-0.15, -0.1) is 0 Å². The molecular weight excluding hydrogens is 230 g/mol. The molecule has 5 nitrogen and oxygen atoms in total. The second-order valence-corrected chi connectivity index (χ2v) is 4.52. The van der Waals surface area contributed by atoms with Crippen molar-refractivity contribution in [2.24, 2.45) is 5.73 Å². The fourth-order valence-electron chi connectivity index (χ4n) is 2.24. The molecule has 0 fully saturated rings. The first-order valence-electron chi connectivity index (χ1n) is 5.99. The molecule has 96 valence electrons. The second kappa shape index (κ2) is 5.18. The third kappa shape index (κ3) is 2.68. The van der Waals surface area contributed by atoms with Crippen LogP contribution < -0.4 is 11.1 Å². The van der Waals surface area contributed by atoms with E-state index in [4.69, 9.17) is 5.73 Å². The molecule has 1 aromatic carbocycles. The Balaban J connectivity index is 2.04. The molecule has 1 aromatic rings. The predicted molar refractivity (Wildman–Crippen MR) is 67.7 cm³/mol. The summed E-state index contributed by atoms with van der Waals surface area (Å²) in [5.74, 6) is -0.345. The van der Waals surface area contributed by atoms with Crippen LogP contribution in [0, 0.1) is 0 Å². The van der Waals surface area contributed by atoms with Crippen molar-refractivity contribution in [3.8, 4) is 0 Å². The van der Waals surface area contributed by atoms with E-state index in [0.29, 0.717) is 0 Å². The second-order valence-electron chi connectivity index (χ2n) is 4.52. The van der Waals surface area contributed by atoms with Gasteiger partial charge >= 0.3 is 6.03 Å². The molecule has 3 N–H and O–H groups in total. The van der Waals surface area contributed by atoms with E-state index in [1.807, 2.05) is 17.0 Å². The van der Waals surface area contributed by atoms with Gasteiger partial charge in [0.1, 0.15) is 0 Å². The van der Waals surface area contributed by atoms with Crippen LogP contribution in [0.5, 0.6) is 0 Å². The Morgan fingerprint density at radius 2 is 2.00 bits per heavy atom. The molecule has 0 radical (unpaired) electrons. The summed E-state index contributed by atoms with van der Waals surface area (Å²) in [5.41, 5.74) is 7.52. The minimum Gasteiger partial charge on any atom is -0.351 e. The first-order chi connectivity index (χ1) is 8.58. The lowest BCUT2D eigenvalue weighted by molar-refractivity contribution is -0.125. The monoisotopic (exact) mass is 247 g/mol. The number of carbonyl (C=O) groups is 2. The first kappa shape index (κ1) is 12.6. The zero-order chi connectivity index (χ0) is 13.1. The largest absolute Gasteiger partial charge is 0.351 e. The average molecular weight is 247 g/mol. The Labute approximate surface area is 106 Å². The zero-order valence-electron chi connectivity index (χ0n) is 10.3. The molecular formula is C13H17N3O2. The van der Waals surface area contributed by atoms with Gasteiger partial charge in [0.05, 0.1) is 6.04 Å². The molecule has 0 unspecified atom stereocenters. The van der Waals surface area contributed by atoms with Crippen LogP contribution in [0.2, 0.25) is 0 Å². The van der Waals surface area contributed by atoms with E-state index in [-0.39, 0.29) is 11.9 Å². The first-order valence-corrected chi connectivity index (χ1v) is 5.99. The van der Waals surface area contributed by atoms with Crippen LogP contribution in [-0.2, 0) is 17.8 Å². The molecule has 18 heavy (non-hydrogen) atoms. The highest BCUT2D eigenvalue weighted by molar-refractivity contribution is 5.96. The predicted octanol–water partition coefficient (Wildman–Crippen LogP) is 0.628. The number of hydrogen-bond acceptors (Lipinski definition) is 3. The number of carbonyl (C=O) groups excluding carboxylic acids is 2. The minimum atomic E-state index is -0.802. The molecule has 0 aromatic heterocycles. The maximum absolute atomic E-state index is 11.7. The van der Waals surface area contributed by atoms with Crippen molar-refractivity contribution in [2.45, 2.75) is 25.9 Å². The Morgan fingerprint density at radius 3 is 2.67 bits per heavy atom. The maximum atomic E-state index is 11.7. The number of nitrogens with zero attached hydrogens (tertiary/aromatic N) is 1. The van der Waals surface area contributed by atoms with Gasteiger partial charge in [-0.3, -0.25) is 15.0 Å². The summed E-state index contributed by atoms with van der Waals surface area (Å²) in [6.45, 7) is 3.32. The molecule has 1 heterocycles. The van der Waals surface area contributed by atoms with Crippen molar-refractivity contribution < 1.29 is 9.59 Å². The van der Waals surface area contributed by atoms with E-state index >= 15 is 0 Å². The Morgan fingerprint density at radius 1 is 1.33 bits per heavy atom. The highest BCUT2D eigenvalue weighted by Crippen LogP contribution is 2.20. The topological polar surface area (TPSA) is 75.4 Å². The van der Waals surface area contributed by atoms with Crippen LogP contribution in [0.15, 0.2) is 24.3 Å². The van der Waals surface area contributed by atoms with E-state index in [0.717, 1.165) is 19.5 Å². The molecule has 2 rings (SSSR count). The molecule has 1 atom stereocenters. The number of fused-ring (bicyclic) bond motifs is 1. The van der Waals surface area contributed by atoms with Crippen molar-refractivity contribution in [3.05, 3.63) is 35.4 Å². The number of imide groups is 1. The number of benzene rings is 1. The van der Waals surface area contributed by atoms with Crippen molar-refractivity contribution in [2.75, 3.05) is 6.54 Å². The van der Waals surface area contributed by atoms with Gasteiger partial charge in [0.25, 0.3) is 0 Å². The molecule has 5 heteroatoms. The normalized spacial score (nSPS) is 16.7. The van der Waals surface area contributed by atoms with Crippen LogP contribution in [-0.4, -0.2) is 29.4 Å². The number of nitrogens with one attached hydrogen (secondary N) is 1. The molecule has 0 saturated carbocycles. The standard InChI is InChI=1S/C13H17N3O2/c1-9(12(17)15-13(14)18)16-7-6-10-4-2-3-5-11(10)8-16/h2-5,9H,6-8H2,1H3,(H3,14,15,17,18)/t9-/m1/s1. The Kier molecular flexibility index (Phi) is 3.62. The van der Waals surface area contributed by atoms with Crippen LogP contribution in [0.1, 0.15) is 18.1 Å². The highest BCUT2D eigenvalue weighted by atomic mass is 16.2. The average Bonchev–Trinajstić information content (AvgIpc) is 2.36. The number of hydrogen-bond donors (Lipinski definition) is 2. The summed E-state index contributed by atoms with van der Waals surface area (Å²) in [6, 6.07) is 7.05. The van der Waals surface area contributed by atoms with Crippen LogP contribution in [0.25, 0.3) is 0 Å². The van der Waals surface area contributed by atoms with Crippen molar-refractivity contribution in [3.63, 3.8) is 0 Å². The summed E-state index contributed by atoms with van der Waals surface area (Å²) in [7, 11) is 0. The molecule has 1 aliphatic rings. The Hall–Kier alpha value is -1.88. The Bertz CT molecular complexity index is 473. The van der Waals surface area contributed by atoms with E-state index in [1.54, 1.807) is 6.92 Å². The summed E-state index contributed by atoms with van der Waals surface area (Å²) in [5, 5.41) is 2.12. The third-order valence-corrected chi connectivity index (χ3v) is 3.33. The number of amides is 3. The number of nitrogens with two attached hydrogens (primary N) is 1. The smallest absolute Gasteiger partial charge is 0.318 e. The lowest BCUT2D eigenvalue weighted by atomic mass is 9.99. The van der Waals surface area contributed by atoms with Gasteiger partial charge in [0.2, 0.25) is 5.91 Å². The SMILES string of the molecule is C[C@H](C(=O)NC(N)=O)N1CCc2ccccc2C1. The van der Waals surface area contributed by atoms with Crippen LogP contribution in [0.3, 0.4) is 0 Å². The fourth-order valence-corrected chi connectivity index (χ4v) is 2.24. The molecule has 0 aliphatic carbocycles. The summed E-state index contributed by atoms with van der Waals surface area (Å²) < 4.78 is 0. The molecule has 3 amide bonds. The molecule has 0 spiro atoms. The van der Waals surface area contributed by atoms with Crippen molar-refractivity contribution >= 4 is 11.9 Å².